The van der Waals surface area contributed by atoms with Crippen molar-refractivity contribution in [3.05, 3.63) is 53.6 Å². The lowest BCUT2D eigenvalue weighted by Crippen LogP contribution is -2.45. The highest BCUT2D eigenvalue weighted by atomic mass is 16.5. The molecule has 0 spiro atoms. The van der Waals surface area contributed by atoms with Gasteiger partial charge in [0, 0.05) is 31.6 Å². The van der Waals surface area contributed by atoms with Gasteiger partial charge in [-0.25, -0.2) is 4.99 Å². The van der Waals surface area contributed by atoms with E-state index in [-0.39, 0.29) is 18.0 Å². The van der Waals surface area contributed by atoms with Gasteiger partial charge in [0.05, 0.1) is 6.61 Å². The van der Waals surface area contributed by atoms with E-state index in [1.54, 1.807) is 7.05 Å². The number of hydrogen-bond donors (Lipinski definition) is 3. The Bertz CT molecular complexity index is 953. The van der Waals surface area contributed by atoms with Crippen LogP contribution in [0, 0.1) is 5.92 Å². The molecule has 0 aliphatic carbocycles. The minimum atomic E-state index is -1.46. The van der Waals surface area contributed by atoms with Gasteiger partial charge in [0.15, 0.2) is 11.7 Å². The zero-order chi connectivity index (χ0) is 22.0. The van der Waals surface area contributed by atoms with Crippen molar-refractivity contribution in [1.82, 2.24) is 5.32 Å². The Morgan fingerprint density at radius 3 is 2.74 bits per heavy atom. The summed E-state index contributed by atoms with van der Waals surface area (Å²) in [6.07, 6.45) is 2.18. The summed E-state index contributed by atoms with van der Waals surface area (Å²) < 4.78 is 12.0. The topological polar surface area (TPSA) is 89.1 Å². The summed E-state index contributed by atoms with van der Waals surface area (Å²) in [7, 11) is 1.70. The van der Waals surface area contributed by atoms with Gasteiger partial charge in [-0.1, -0.05) is 44.2 Å². The van der Waals surface area contributed by atoms with E-state index in [9.17, 15) is 5.11 Å². The van der Waals surface area contributed by atoms with Gasteiger partial charge in [0.1, 0.15) is 11.9 Å². The lowest BCUT2D eigenvalue weighted by atomic mass is 9.84. The van der Waals surface area contributed by atoms with Crippen molar-refractivity contribution in [2.45, 2.75) is 50.9 Å². The maximum Gasteiger partial charge on any atom is 0.193 e. The Kier molecular flexibility index (Phi) is 6.21. The average Bonchev–Trinajstić information content (AvgIpc) is 2.79. The van der Waals surface area contributed by atoms with E-state index < -0.39 is 5.72 Å². The molecule has 2 aromatic carbocycles. The monoisotopic (exact) mass is 423 g/mol. The third-order valence-electron chi connectivity index (χ3n) is 6.34. The number of hydrogen-bond acceptors (Lipinski definition) is 4. The first kappa shape index (κ1) is 21.7. The largest absolute Gasteiger partial charge is 0.489 e. The van der Waals surface area contributed by atoms with Gasteiger partial charge in [-0.3, -0.25) is 0 Å². The summed E-state index contributed by atoms with van der Waals surface area (Å²) >= 11 is 0. The van der Waals surface area contributed by atoms with E-state index in [0.717, 1.165) is 30.6 Å². The number of ether oxygens (including phenoxy) is 2. The van der Waals surface area contributed by atoms with E-state index >= 15 is 0 Å². The van der Waals surface area contributed by atoms with Crippen LogP contribution in [-0.4, -0.2) is 37.4 Å². The number of fused-ring (bicyclic) bond motifs is 1. The number of benzene rings is 2. The third kappa shape index (κ3) is 4.55. The molecule has 2 heterocycles. The van der Waals surface area contributed by atoms with E-state index in [1.807, 2.05) is 18.2 Å². The highest BCUT2D eigenvalue weighted by Gasteiger charge is 2.43. The standard InChI is InChI=1S/C25H33N3O3/c1-16(2)17-6-4-7-18(12-17)19-9-10-22-21(13-19)25(29,28-24(26)27-3)14-23(31-22)20-8-5-11-30-15-20/h4,6-7,9-10,12-13,16,20,23,29H,5,8,11,14-15H2,1-3H3,(H3,26,27,28). The first-order chi connectivity index (χ1) is 14.9. The van der Waals surface area contributed by atoms with Crippen molar-refractivity contribution >= 4 is 5.96 Å². The van der Waals surface area contributed by atoms with Gasteiger partial charge in [-0.2, -0.15) is 0 Å². The molecule has 31 heavy (non-hydrogen) atoms. The van der Waals surface area contributed by atoms with Gasteiger partial charge < -0.3 is 25.6 Å². The summed E-state index contributed by atoms with van der Waals surface area (Å²) in [5.74, 6) is 1.51. The van der Waals surface area contributed by atoms with E-state index in [2.05, 4.69) is 48.4 Å². The van der Waals surface area contributed by atoms with Crippen LogP contribution < -0.4 is 15.8 Å². The van der Waals surface area contributed by atoms with Crippen LogP contribution >= 0.6 is 0 Å². The molecule has 0 amide bonds. The molecule has 0 radical (unpaired) electrons. The van der Waals surface area contributed by atoms with Gasteiger partial charge in [0.2, 0.25) is 0 Å². The molecule has 2 aliphatic heterocycles. The number of guanidine groups is 1. The van der Waals surface area contributed by atoms with Crippen molar-refractivity contribution in [2.75, 3.05) is 20.3 Å². The molecular weight excluding hydrogens is 390 g/mol. The summed E-state index contributed by atoms with van der Waals surface area (Å²) in [6, 6.07) is 14.5. The highest BCUT2D eigenvalue weighted by Crippen LogP contribution is 2.45. The Labute approximate surface area is 184 Å². The zero-order valence-corrected chi connectivity index (χ0v) is 18.6. The third-order valence-corrected chi connectivity index (χ3v) is 6.34. The number of rotatable bonds is 4. The van der Waals surface area contributed by atoms with Gasteiger partial charge in [-0.05, 0) is 47.6 Å². The summed E-state index contributed by atoms with van der Waals surface area (Å²) in [6.45, 7) is 5.79. The van der Waals surface area contributed by atoms with Crippen LogP contribution in [0.25, 0.3) is 11.1 Å². The Morgan fingerprint density at radius 2 is 2.03 bits per heavy atom. The molecule has 4 rings (SSSR count). The second kappa shape index (κ2) is 8.89. The predicted octanol–water partition coefficient (Wildman–Crippen LogP) is 3.73. The smallest absolute Gasteiger partial charge is 0.193 e. The molecule has 0 bridgehead atoms. The van der Waals surface area contributed by atoms with Crippen LogP contribution in [0.3, 0.4) is 0 Å². The number of nitrogens with one attached hydrogen (secondary N) is 1. The van der Waals surface area contributed by atoms with Crippen LogP contribution in [0.2, 0.25) is 0 Å². The number of aliphatic hydroxyl groups is 1. The fraction of sp³-hybridized carbons (Fsp3) is 0.480. The van der Waals surface area contributed by atoms with E-state index in [4.69, 9.17) is 15.2 Å². The summed E-state index contributed by atoms with van der Waals surface area (Å²) in [5, 5.41) is 14.5. The van der Waals surface area contributed by atoms with Crippen molar-refractivity contribution in [3.63, 3.8) is 0 Å². The van der Waals surface area contributed by atoms with Crippen LogP contribution in [0.5, 0.6) is 5.75 Å². The first-order valence-electron chi connectivity index (χ1n) is 11.1. The number of nitrogens with zero attached hydrogens (tertiary/aromatic N) is 1. The molecule has 3 atom stereocenters. The lowest BCUT2D eigenvalue weighted by molar-refractivity contribution is -0.0675. The second-order valence-corrected chi connectivity index (χ2v) is 8.89. The number of aliphatic imine (C=N–C) groups is 1. The normalized spacial score (nSPS) is 26.3. The lowest BCUT2D eigenvalue weighted by Gasteiger charge is -2.40. The van der Waals surface area contributed by atoms with Crippen LogP contribution in [0.4, 0.5) is 0 Å². The van der Waals surface area contributed by atoms with Gasteiger partial charge in [0.25, 0.3) is 0 Å². The molecule has 6 heteroatoms. The van der Waals surface area contributed by atoms with Crippen molar-refractivity contribution in [1.29, 1.82) is 0 Å². The molecule has 0 saturated carbocycles. The molecular formula is C25H33N3O3. The maximum absolute atomic E-state index is 11.7. The molecule has 4 N–H and O–H groups in total. The molecule has 166 valence electrons. The van der Waals surface area contributed by atoms with Crippen LogP contribution in [0.1, 0.15) is 50.2 Å². The Balaban J connectivity index is 1.75. The average molecular weight is 424 g/mol. The van der Waals surface area contributed by atoms with Crippen LogP contribution in [0.15, 0.2) is 47.5 Å². The van der Waals surface area contributed by atoms with Gasteiger partial charge in [-0.15, -0.1) is 0 Å². The second-order valence-electron chi connectivity index (χ2n) is 8.89. The Hall–Kier alpha value is -2.57. The SMILES string of the molecule is CN/C(N)=N\C1(O)CC(C2CCCOC2)Oc2ccc(-c3cccc(C(C)C)c3)cc21. The first-order valence-corrected chi connectivity index (χ1v) is 11.1. The summed E-state index contributed by atoms with van der Waals surface area (Å²) in [5.41, 5.74) is 8.56. The quantitative estimate of drug-likeness (QED) is 0.515. The molecule has 1 fully saturated rings. The van der Waals surface area contributed by atoms with Crippen molar-refractivity contribution in [3.8, 4) is 16.9 Å². The molecule has 2 aliphatic rings. The molecule has 6 nitrogen and oxygen atoms in total. The molecule has 2 aromatic rings. The highest BCUT2D eigenvalue weighted by molar-refractivity contribution is 5.78. The van der Waals surface area contributed by atoms with Crippen molar-refractivity contribution in [2.24, 2.45) is 16.6 Å². The molecule has 3 unspecified atom stereocenters. The van der Waals surface area contributed by atoms with Crippen LogP contribution in [-0.2, 0) is 10.5 Å². The molecule has 1 saturated heterocycles. The van der Waals surface area contributed by atoms with Crippen molar-refractivity contribution < 1.29 is 14.6 Å². The Morgan fingerprint density at radius 1 is 1.23 bits per heavy atom. The maximum atomic E-state index is 11.7. The predicted molar refractivity (Wildman–Crippen MR) is 123 cm³/mol. The fourth-order valence-electron chi connectivity index (χ4n) is 4.48. The number of nitrogens with two attached hydrogens (primary N) is 1. The minimum Gasteiger partial charge on any atom is -0.489 e. The van der Waals surface area contributed by atoms with E-state index in [1.165, 1.54) is 5.56 Å². The fourth-order valence-corrected chi connectivity index (χ4v) is 4.48. The molecule has 0 aromatic heterocycles. The minimum absolute atomic E-state index is 0.179. The summed E-state index contributed by atoms with van der Waals surface area (Å²) in [4.78, 5) is 4.47. The van der Waals surface area contributed by atoms with Gasteiger partial charge >= 0.3 is 0 Å². The zero-order valence-electron chi connectivity index (χ0n) is 18.6. The van der Waals surface area contributed by atoms with E-state index in [0.29, 0.717) is 30.3 Å².